The van der Waals surface area contributed by atoms with E-state index in [2.05, 4.69) is 5.10 Å². The molecule has 3 heterocycles. The highest BCUT2D eigenvalue weighted by Gasteiger charge is 2.45. The summed E-state index contributed by atoms with van der Waals surface area (Å²) in [5.41, 5.74) is -0.685. The number of hydrogen-bond donors (Lipinski definition) is 1. The van der Waals surface area contributed by atoms with Gasteiger partial charge in [-0.1, -0.05) is 0 Å². The number of nitrogens with zero attached hydrogens (tertiary/aromatic N) is 2. The predicted octanol–water partition coefficient (Wildman–Crippen LogP) is 2.75. The molecule has 0 aromatic carbocycles. The Hall–Kier alpha value is -2.29. The number of halogens is 3. The molecule has 1 aliphatic carbocycles. The van der Waals surface area contributed by atoms with E-state index in [0.717, 1.165) is 6.42 Å². The Kier molecular flexibility index (Phi) is 3.24. The van der Waals surface area contributed by atoms with Crippen LogP contribution in [0.5, 0.6) is 0 Å². The topological polar surface area (TPSA) is 77.5 Å². The Morgan fingerprint density at radius 1 is 1.42 bits per heavy atom. The Morgan fingerprint density at radius 2 is 2.17 bits per heavy atom. The number of furan rings is 1. The minimum atomic E-state index is -4.83. The summed E-state index contributed by atoms with van der Waals surface area (Å²) in [4.78, 5) is 11.2. The van der Waals surface area contributed by atoms with Gasteiger partial charge in [-0.15, -0.1) is 0 Å². The van der Waals surface area contributed by atoms with Crippen LogP contribution in [0.1, 0.15) is 33.9 Å². The van der Waals surface area contributed by atoms with E-state index >= 15 is 0 Å². The number of aromatic carboxylic acids is 1. The fourth-order valence-corrected chi connectivity index (χ4v) is 3.16. The molecule has 6 nitrogen and oxygen atoms in total. The number of carbonyl (C=O) groups is 1. The Balaban J connectivity index is 1.83. The van der Waals surface area contributed by atoms with Crippen LogP contribution in [0.25, 0.3) is 11.3 Å². The highest BCUT2D eigenvalue weighted by molar-refractivity contribution is 5.90. The van der Waals surface area contributed by atoms with Crippen LogP contribution in [0.2, 0.25) is 0 Å². The zero-order valence-electron chi connectivity index (χ0n) is 12.4. The van der Waals surface area contributed by atoms with Gasteiger partial charge in [0.15, 0.2) is 0 Å². The van der Waals surface area contributed by atoms with E-state index in [-0.39, 0.29) is 29.5 Å². The summed E-state index contributed by atoms with van der Waals surface area (Å²) in [6.07, 6.45) is -1.55. The quantitative estimate of drug-likeness (QED) is 0.928. The third kappa shape index (κ3) is 2.31. The lowest BCUT2D eigenvalue weighted by Crippen LogP contribution is -2.31. The van der Waals surface area contributed by atoms with E-state index in [1.807, 2.05) is 0 Å². The van der Waals surface area contributed by atoms with E-state index in [9.17, 15) is 18.0 Å². The van der Waals surface area contributed by atoms with E-state index in [1.54, 1.807) is 10.9 Å². The van der Waals surface area contributed by atoms with Gasteiger partial charge in [0.25, 0.3) is 0 Å². The molecule has 2 aromatic heterocycles. The molecule has 0 saturated carbocycles. The highest BCUT2D eigenvalue weighted by Crippen LogP contribution is 2.46. The maximum absolute atomic E-state index is 13.4. The first-order valence-electron chi connectivity index (χ1n) is 7.49. The first-order chi connectivity index (χ1) is 11.3. The number of carboxylic acid groups (broad SMARTS) is 1. The van der Waals surface area contributed by atoms with Gasteiger partial charge < -0.3 is 14.3 Å². The lowest BCUT2D eigenvalue weighted by molar-refractivity contribution is -0.138. The zero-order valence-corrected chi connectivity index (χ0v) is 12.4. The molecule has 1 N–H and O–H groups in total. The fraction of sp³-hybridized carbons (Fsp3) is 0.467. The molecule has 0 amide bonds. The lowest BCUT2D eigenvalue weighted by Gasteiger charge is -2.26. The molecule has 2 aromatic rings. The van der Waals surface area contributed by atoms with Crippen molar-refractivity contribution in [1.29, 1.82) is 0 Å². The van der Waals surface area contributed by atoms with Gasteiger partial charge >= 0.3 is 12.1 Å². The second-order valence-corrected chi connectivity index (χ2v) is 5.91. The van der Waals surface area contributed by atoms with Gasteiger partial charge in [0, 0.05) is 19.2 Å². The number of hydrogen-bond acceptors (Lipinski definition) is 4. The average molecular weight is 342 g/mol. The van der Waals surface area contributed by atoms with Crippen LogP contribution in [0.15, 0.2) is 10.6 Å². The van der Waals surface area contributed by atoms with Crippen LogP contribution in [0, 0.1) is 0 Å². The molecule has 128 valence electrons. The lowest BCUT2D eigenvalue weighted by atomic mass is 9.93. The van der Waals surface area contributed by atoms with E-state index < -0.39 is 23.5 Å². The molecule has 0 radical (unpaired) electrons. The standard InChI is InChI=1S/C15H13F3N2O4/c16-15(17,18)11-10-9(24-13(11)14(21)22)2-1-7-5-20(19-12(7)10)6-8-3-4-23-8/h5,8H,1-4,6H2,(H,21,22). The van der Waals surface area contributed by atoms with Crippen LogP contribution in [-0.4, -0.2) is 33.6 Å². The van der Waals surface area contributed by atoms with Crippen LogP contribution in [-0.2, 0) is 30.3 Å². The fourth-order valence-electron chi connectivity index (χ4n) is 3.16. The highest BCUT2D eigenvalue weighted by atomic mass is 19.4. The van der Waals surface area contributed by atoms with Crippen molar-refractivity contribution in [2.45, 2.75) is 38.1 Å². The first-order valence-corrected chi connectivity index (χ1v) is 7.49. The predicted molar refractivity (Wildman–Crippen MR) is 73.7 cm³/mol. The van der Waals surface area contributed by atoms with Crippen molar-refractivity contribution in [3.63, 3.8) is 0 Å². The minimum absolute atomic E-state index is 0.0202. The molecule has 1 unspecified atom stereocenters. The van der Waals surface area contributed by atoms with Crippen LogP contribution >= 0.6 is 0 Å². The molecule has 1 atom stereocenters. The average Bonchev–Trinajstić information content (AvgIpc) is 3.02. The Morgan fingerprint density at radius 3 is 2.75 bits per heavy atom. The van der Waals surface area contributed by atoms with Gasteiger partial charge in [-0.05, 0) is 18.4 Å². The van der Waals surface area contributed by atoms with Crippen LogP contribution < -0.4 is 0 Å². The molecule has 0 bridgehead atoms. The van der Waals surface area contributed by atoms with Crippen molar-refractivity contribution in [3.05, 3.63) is 28.8 Å². The van der Waals surface area contributed by atoms with Crippen molar-refractivity contribution < 1.29 is 32.2 Å². The van der Waals surface area contributed by atoms with Gasteiger partial charge in [0.05, 0.1) is 23.9 Å². The summed E-state index contributed by atoms with van der Waals surface area (Å²) < 4.78 is 52.2. The second-order valence-electron chi connectivity index (χ2n) is 5.91. The number of aryl methyl sites for hydroxylation is 2. The molecular formula is C15H13F3N2O4. The number of carboxylic acids is 1. The van der Waals surface area contributed by atoms with Crippen molar-refractivity contribution >= 4 is 5.97 Å². The monoisotopic (exact) mass is 342 g/mol. The maximum Gasteiger partial charge on any atom is 0.421 e. The molecule has 0 spiro atoms. The summed E-state index contributed by atoms with van der Waals surface area (Å²) in [5, 5.41) is 13.3. The van der Waals surface area contributed by atoms with Gasteiger partial charge in [0.1, 0.15) is 11.3 Å². The molecule has 1 fully saturated rings. The van der Waals surface area contributed by atoms with Crippen LogP contribution in [0.4, 0.5) is 13.2 Å². The Bertz CT molecular complexity index is 818. The molecule has 4 rings (SSSR count). The minimum Gasteiger partial charge on any atom is -0.475 e. The normalized spacial score (nSPS) is 19.5. The molecule has 9 heteroatoms. The van der Waals surface area contributed by atoms with E-state index in [1.165, 1.54) is 0 Å². The number of ether oxygens (including phenoxy) is 1. The summed E-state index contributed by atoms with van der Waals surface area (Å²) in [6.45, 7) is 1.14. The zero-order chi connectivity index (χ0) is 17.1. The Labute approximate surface area is 133 Å². The molecule has 1 aliphatic heterocycles. The molecular weight excluding hydrogens is 329 g/mol. The third-order valence-corrected chi connectivity index (χ3v) is 4.34. The largest absolute Gasteiger partial charge is 0.475 e. The van der Waals surface area contributed by atoms with E-state index in [0.29, 0.717) is 25.1 Å². The summed E-state index contributed by atoms with van der Waals surface area (Å²) in [7, 11) is 0. The summed E-state index contributed by atoms with van der Waals surface area (Å²) in [5.74, 6) is -2.78. The van der Waals surface area contributed by atoms with Gasteiger partial charge in [-0.3, -0.25) is 4.68 Å². The number of fused-ring (bicyclic) bond motifs is 3. The van der Waals surface area contributed by atoms with Crippen molar-refractivity contribution in [1.82, 2.24) is 9.78 Å². The van der Waals surface area contributed by atoms with Crippen molar-refractivity contribution in [3.8, 4) is 11.3 Å². The van der Waals surface area contributed by atoms with Crippen LogP contribution in [0.3, 0.4) is 0 Å². The third-order valence-electron chi connectivity index (χ3n) is 4.34. The van der Waals surface area contributed by atoms with Gasteiger partial charge in [0.2, 0.25) is 5.76 Å². The molecule has 2 aliphatic rings. The summed E-state index contributed by atoms with van der Waals surface area (Å²) in [6, 6.07) is 0. The first kappa shape index (κ1) is 15.3. The molecule has 24 heavy (non-hydrogen) atoms. The smallest absolute Gasteiger partial charge is 0.421 e. The SMILES string of the molecule is O=C(O)c1oc2c(c1C(F)(F)F)-c1nn(CC3CCO3)cc1CC2. The van der Waals surface area contributed by atoms with Crippen molar-refractivity contribution in [2.75, 3.05) is 6.61 Å². The number of alkyl halides is 3. The number of aromatic nitrogens is 2. The molecule has 1 saturated heterocycles. The van der Waals surface area contributed by atoms with Gasteiger partial charge in [-0.25, -0.2) is 4.79 Å². The van der Waals surface area contributed by atoms with E-state index in [4.69, 9.17) is 14.3 Å². The van der Waals surface area contributed by atoms with Gasteiger partial charge in [-0.2, -0.15) is 18.3 Å². The summed E-state index contributed by atoms with van der Waals surface area (Å²) >= 11 is 0. The maximum atomic E-state index is 13.4. The number of rotatable bonds is 3. The second kappa shape index (κ2) is 5.10. The van der Waals surface area contributed by atoms with Crippen molar-refractivity contribution in [2.24, 2.45) is 0 Å².